The molecule has 0 amide bonds. The number of aromatic nitrogens is 2. The van der Waals surface area contributed by atoms with Crippen LogP contribution >= 0.6 is 0 Å². The fourth-order valence-corrected chi connectivity index (χ4v) is 2.84. The van der Waals surface area contributed by atoms with E-state index >= 15 is 0 Å². The second-order valence-electron chi connectivity index (χ2n) is 6.37. The third kappa shape index (κ3) is 5.48. The number of fused-ring (bicyclic) bond motifs is 1. The number of aryl methyl sites for hydroxylation is 2. The maximum Gasteiger partial charge on any atom is 0.191 e. The topological polar surface area (TPSA) is 63.5 Å². The lowest BCUT2D eigenvalue weighted by Gasteiger charge is -2.13. The third-order valence-corrected chi connectivity index (χ3v) is 4.30. The Labute approximate surface area is 160 Å². The highest BCUT2D eigenvalue weighted by atomic mass is 16.5. The molecule has 0 fully saturated rings. The number of guanidine groups is 1. The average molecular weight is 365 g/mol. The summed E-state index contributed by atoms with van der Waals surface area (Å²) in [6.45, 7) is 5.10. The molecule has 0 radical (unpaired) electrons. The zero-order chi connectivity index (χ0) is 18.9. The zero-order valence-electron chi connectivity index (χ0n) is 16.0. The van der Waals surface area contributed by atoms with Crippen molar-refractivity contribution in [1.29, 1.82) is 0 Å². The highest BCUT2D eigenvalue weighted by Gasteiger charge is 2.02. The van der Waals surface area contributed by atoms with Crippen molar-refractivity contribution in [3.8, 4) is 5.75 Å². The van der Waals surface area contributed by atoms with Gasteiger partial charge >= 0.3 is 0 Å². The van der Waals surface area contributed by atoms with Gasteiger partial charge in [0, 0.05) is 20.1 Å². The first-order valence-corrected chi connectivity index (χ1v) is 9.30. The van der Waals surface area contributed by atoms with Gasteiger partial charge in [-0.1, -0.05) is 29.8 Å². The van der Waals surface area contributed by atoms with E-state index in [0.717, 1.165) is 36.7 Å². The Hall–Kier alpha value is -3.02. The van der Waals surface area contributed by atoms with E-state index in [1.807, 2.05) is 48.8 Å². The van der Waals surface area contributed by atoms with Crippen LogP contribution in [0.1, 0.15) is 12.0 Å². The number of hydrogen-bond donors (Lipinski definition) is 2. The maximum atomic E-state index is 5.72. The minimum Gasteiger partial charge on any atom is -0.492 e. The summed E-state index contributed by atoms with van der Waals surface area (Å²) in [5.74, 6) is 1.68. The molecule has 3 rings (SSSR count). The third-order valence-electron chi connectivity index (χ3n) is 4.30. The van der Waals surface area contributed by atoms with E-state index in [1.165, 1.54) is 11.1 Å². The highest BCUT2D eigenvalue weighted by Crippen LogP contribution is 2.12. The monoisotopic (exact) mass is 365 g/mol. The van der Waals surface area contributed by atoms with Crippen LogP contribution in [0, 0.1) is 6.92 Å². The van der Waals surface area contributed by atoms with Crippen molar-refractivity contribution < 1.29 is 4.74 Å². The summed E-state index contributed by atoms with van der Waals surface area (Å²) in [6, 6.07) is 16.3. The van der Waals surface area contributed by atoms with Gasteiger partial charge < -0.3 is 19.9 Å². The number of hydrogen-bond acceptors (Lipinski definition) is 3. The number of nitrogens with one attached hydrogen (secondary N) is 2. The molecule has 0 atom stereocenters. The van der Waals surface area contributed by atoms with Crippen LogP contribution in [-0.2, 0) is 6.54 Å². The van der Waals surface area contributed by atoms with Gasteiger partial charge in [0.05, 0.1) is 23.9 Å². The second kappa shape index (κ2) is 9.62. The van der Waals surface area contributed by atoms with Crippen LogP contribution in [-0.4, -0.2) is 42.3 Å². The molecule has 0 unspecified atom stereocenters. The number of para-hydroxylation sites is 2. The summed E-state index contributed by atoms with van der Waals surface area (Å²) in [6.07, 6.45) is 2.89. The number of aliphatic imine (C=N–C) groups is 1. The van der Waals surface area contributed by atoms with Crippen LogP contribution in [0.2, 0.25) is 0 Å². The van der Waals surface area contributed by atoms with E-state index in [1.54, 1.807) is 7.05 Å². The first kappa shape index (κ1) is 18.8. The molecule has 3 aromatic rings. The van der Waals surface area contributed by atoms with Crippen molar-refractivity contribution in [3.05, 3.63) is 60.4 Å². The SMILES string of the molecule is CN=C(NCCCn1cnc2ccccc21)NCCOc1ccc(C)cc1. The Bertz CT molecular complexity index is 870. The fraction of sp³-hybridized carbons (Fsp3) is 0.333. The Kier molecular flexibility index (Phi) is 6.68. The van der Waals surface area contributed by atoms with E-state index in [0.29, 0.717) is 13.2 Å². The van der Waals surface area contributed by atoms with Gasteiger partial charge in [-0.3, -0.25) is 4.99 Å². The molecular weight excluding hydrogens is 338 g/mol. The second-order valence-corrected chi connectivity index (χ2v) is 6.37. The van der Waals surface area contributed by atoms with Gasteiger partial charge in [-0.05, 0) is 37.6 Å². The van der Waals surface area contributed by atoms with E-state index in [4.69, 9.17) is 4.74 Å². The molecule has 0 saturated heterocycles. The maximum absolute atomic E-state index is 5.72. The van der Waals surface area contributed by atoms with Crippen molar-refractivity contribution in [2.75, 3.05) is 26.7 Å². The van der Waals surface area contributed by atoms with Crippen molar-refractivity contribution in [1.82, 2.24) is 20.2 Å². The molecule has 0 aliphatic carbocycles. The van der Waals surface area contributed by atoms with Gasteiger partial charge in [0.2, 0.25) is 0 Å². The summed E-state index contributed by atoms with van der Waals surface area (Å²) in [5.41, 5.74) is 3.44. The normalized spacial score (nSPS) is 11.6. The average Bonchev–Trinajstić information content (AvgIpc) is 3.11. The number of imidazole rings is 1. The molecule has 27 heavy (non-hydrogen) atoms. The fourth-order valence-electron chi connectivity index (χ4n) is 2.84. The molecule has 6 heteroatoms. The van der Waals surface area contributed by atoms with Crippen molar-refractivity contribution >= 4 is 17.0 Å². The number of nitrogens with zero attached hydrogens (tertiary/aromatic N) is 3. The van der Waals surface area contributed by atoms with E-state index < -0.39 is 0 Å². The predicted octanol–water partition coefficient (Wildman–Crippen LogP) is 2.98. The quantitative estimate of drug-likeness (QED) is 0.366. The highest BCUT2D eigenvalue weighted by molar-refractivity contribution is 5.79. The first-order chi connectivity index (χ1) is 13.3. The minimum absolute atomic E-state index is 0.588. The van der Waals surface area contributed by atoms with Crippen molar-refractivity contribution in [2.45, 2.75) is 19.9 Å². The van der Waals surface area contributed by atoms with Crippen LogP contribution in [0.15, 0.2) is 59.9 Å². The van der Waals surface area contributed by atoms with Gasteiger partial charge in [-0.25, -0.2) is 4.98 Å². The van der Waals surface area contributed by atoms with Gasteiger partial charge in [-0.15, -0.1) is 0 Å². The molecule has 0 aliphatic rings. The van der Waals surface area contributed by atoms with Gasteiger partial charge in [0.15, 0.2) is 5.96 Å². The summed E-state index contributed by atoms with van der Waals surface area (Å²) in [7, 11) is 1.78. The summed E-state index contributed by atoms with van der Waals surface area (Å²) in [4.78, 5) is 8.67. The molecule has 1 aromatic heterocycles. The number of benzene rings is 2. The number of rotatable bonds is 8. The van der Waals surface area contributed by atoms with E-state index in [9.17, 15) is 0 Å². The molecular formula is C21H27N5O. The molecule has 0 bridgehead atoms. The Morgan fingerprint density at radius 3 is 2.67 bits per heavy atom. The zero-order valence-corrected chi connectivity index (χ0v) is 16.0. The Morgan fingerprint density at radius 2 is 1.85 bits per heavy atom. The van der Waals surface area contributed by atoms with Crippen molar-refractivity contribution in [3.63, 3.8) is 0 Å². The lowest BCUT2D eigenvalue weighted by atomic mass is 10.2. The molecule has 142 valence electrons. The Balaban J connectivity index is 1.33. The molecule has 2 N–H and O–H groups in total. The van der Waals surface area contributed by atoms with Gasteiger partial charge in [0.25, 0.3) is 0 Å². The first-order valence-electron chi connectivity index (χ1n) is 9.30. The predicted molar refractivity (Wildman–Crippen MR) is 110 cm³/mol. The molecule has 2 aromatic carbocycles. The summed E-state index contributed by atoms with van der Waals surface area (Å²) < 4.78 is 7.90. The lowest BCUT2D eigenvalue weighted by Crippen LogP contribution is -2.39. The molecule has 0 saturated carbocycles. The van der Waals surface area contributed by atoms with Crippen LogP contribution in [0.25, 0.3) is 11.0 Å². The van der Waals surface area contributed by atoms with E-state index in [2.05, 4.69) is 38.2 Å². The molecule has 1 heterocycles. The van der Waals surface area contributed by atoms with Crippen LogP contribution in [0.5, 0.6) is 5.75 Å². The van der Waals surface area contributed by atoms with Gasteiger partial charge in [-0.2, -0.15) is 0 Å². The summed E-state index contributed by atoms with van der Waals surface area (Å²) in [5, 5.41) is 6.60. The molecule has 6 nitrogen and oxygen atoms in total. The Morgan fingerprint density at radius 1 is 1.07 bits per heavy atom. The largest absolute Gasteiger partial charge is 0.492 e. The van der Waals surface area contributed by atoms with Crippen LogP contribution < -0.4 is 15.4 Å². The lowest BCUT2D eigenvalue weighted by molar-refractivity contribution is 0.322. The van der Waals surface area contributed by atoms with Crippen LogP contribution in [0.4, 0.5) is 0 Å². The molecule has 0 spiro atoms. The summed E-state index contributed by atoms with van der Waals surface area (Å²) >= 11 is 0. The van der Waals surface area contributed by atoms with Gasteiger partial charge in [0.1, 0.15) is 12.4 Å². The smallest absolute Gasteiger partial charge is 0.191 e. The van der Waals surface area contributed by atoms with Crippen LogP contribution in [0.3, 0.4) is 0 Å². The number of ether oxygens (including phenoxy) is 1. The van der Waals surface area contributed by atoms with E-state index in [-0.39, 0.29) is 0 Å². The standard InChI is InChI=1S/C21H27N5O/c1-17-8-10-18(11-9-17)27-15-13-24-21(22-2)23-12-5-14-26-16-25-19-6-3-4-7-20(19)26/h3-4,6-11,16H,5,12-15H2,1-2H3,(H2,22,23,24). The molecule has 0 aliphatic heterocycles. The minimum atomic E-state index is 0.588. The van der Waals surface area contributed by atoms with Crippen molar-refractivity contribution in [2.24, 2.45) is 4.99 Å².